The average Bonchev–Trinajstić information content (AvgIpc) is 2.23. The van der Waals surface area contributed by atoms with Crippen molar-refractivity contribution in [1.82, 2.24) is 5.32 Å². The molecule has 0 aliphatic heterocycles. The SMILES string of the molecule is C#CCCNCc1c(F)ccc(Br)c1F. The molecule has 1 rings (SSSR count). The zero-order valence-electron chi connectivity index (χ0n) is 7.99. The van der Waals surface area contributed by atoms with Crippen LogP contribution in [0.5, 0.6) is 0 Å². The lowest BCUT2D eigenvalue weighted by molar-refractivity contribution is 0.534. The van der Waals surface area contributed by atoms with Crippen LogP contribution in [0.15, 0.2) is 16.6 Å². The van der Waals surface area contributed by atoms with Crippen molar-refractivity contribution >= 4 is 15.9 Å². The number of terminal acetylenes is 1. The van der Waals surface area contributed by atoms with E-state index in [2.05, 4.69) is 27.2 Å². The van der Waals surface area contributed by atoms with Crippen LogP contribution in [0.25, 0.3) is 0 Å². The highest BCUT2D eigenvalue weighted by atomic mass is 79.9. The molecule has 0 fully saturated rings. The average molecular weight is 274 g/mol. The quantitative estimate of drug-likeness (QED) is 0.505. The van der Waals surface area contributed by atoms with Gasteiger partial charge in [-0.2, -0.15) is 0 Å². The first-order valence-electron chi connectivity index (χ1n) is 4.43. The fourth-order valence-corrected chi connectivity index (χ4v) is 1.48. The van der Waals surface area contributed by atoms with Crippen LogP contribution in [-0.4, -0.2) is 6.54 Å². The number of rotatable bonds is 4. The van der Waals surface area contributed by atoms with Crippen molar-refractivity contribution in [2.75, 3.05) is 6.54 Å². The summed E-state index contributed by atoms with van der Waals surface area (Å²) in [6.45, 7) is 0.681. The molecule has 0 heterocycles. The smallest absolute Gasteiger partial charge is 0.144 e. The van der Waals surface area contributed by atoms with Crippen LogP contribution in [0, 0.1) is 24.0 Å². The maximum absolute atomic E-state index is 13.4. The van der Waals surface area contributed by atoms with Gasteiger partial charge >= 0.3 is 0 Å². The molecule has 0 saturated carbocycles. The first-order valence-corrected chi connectivity index (χ1v) is 5.22. The van der Waals surface area contributed by atoms with E-state index in [1.54, 1.807) is 0 Å². The summed E-state index contributed by atoms with van der Waals surface area (Å²) in [5.41, 5.74) is 0.0291. The van der Waals surface area contributed by atoms with Gasteiger partial charge in [0.1, 0.15) is 11.6 Å². The van der Waals surface area contributed by atoms with Gasteiger partial charge < -0.3 is 5.32 Å². The van der Waals surface area contributed by atoms with E-state index in [1.165, 1.54) is 12.1 Å². The zero-order valence-corrected chi connectivity index (χ0v) is 9.57. The molecule has 0 atom stereocenters. The van der Waals surface area contributed by atoms with E-state index in [0.29, 0.717) is 13.0 Å². The topological polar surface area (TPSA) is 12.0 Å². The molecule has 0 aliphatic rings. The summed E-state index contributed by atoms with van der Waals surface area (Å²) >= 11 is 3.00. The maximum Gasteiger partial charge on any atom is 0.144 e. The van der Waals surface area contributed by atoms with Crippen LogP contribution in [-0.2, 0) is 6.54 Å². The Hall–Kier alpha value is -0.920. The van der Waals surface area contributed by atoms with Gasteiger partial charge in [0.05, 0.1) is 4.47 Å². The summed E-state index contributed by atoms with van der Waals surface area (Å²) in [5, 5.41) is 2.87. The summed E-state index contributed by atoms with van der Waals surface area (Å²) < 4.78 is 26.9. The Kier molecular flexibility index (Phi) is 4.73. The molecule has 0 spiro atoms. The van der Waals surface area contributed by atoms with Crippen molar-refractivity contribution in [2.45, 2.75) is 13.0 Å². The van der Waals surface area contributed by atoms with E-state index in [1.807, 2.05) is 0 Å². The van der Waals surface area contributed by atoms with Gasteiger partial charge in [-0.15, -0.1) is 12.3 Å². The van der Waals surface area contributed by atoms with Crippen LogP contribution >= 0.6 is 15.9 Å². The van der Waals surface area contributed by atoms with Gasteiger partial charge in [-0.1, -0.05) is 0 Å². The van der Waals surface area contributed by atoms with Crippen molar-refractivity contribution in [2.24, 2.45) is 0 Å². The fraction of sp³-hybridized carbons (Fsp3) is 0.273. The lowest BCUT2D eigenvalue weighted by Crippen LogP contribution is -2.16. The number of nitrogens with one attached hydrogen (secondary N) is 1. The third-order valence-electron chi connectivity index (χ3n) is 1.89. The summed E-state index contributed by atoms with van der Waals surface area (Å²) in [6, 6.07) is 2.57. The standard InChI is InChI=1S/C11H10BrF2N/c1-2-3-6-15-7-8-10(13)5-4-9(12)11(8)14/h1,4-5,15H,3,6-7H2. The molecular formula is C11H10BrF2N. The van der Waals surface area contributed by atoms with Crippen molar-refractivity contribution in [3.8, 4) is 12.3 Å². The highest BCUT2D eigenvalue weighted by Gasteiger charge is 2.11. The third-order valence-corrected chi connectivity index (χ3v) is 2.50. The number of benzene rings is 1. The highest BCUT2D eigenvalue weighted by Crippen LogP contribution is 2.21. The Morgan fingerprint density at radius 3 is 2.80 bits per heavy atom. The van der Waals surface area contributed by atoms with E-state index in [4.69, 9.17) is 6.42 Å². The van der Waals surface area contributed by atoms with Gasteiger partial charge in [-0.25, -0.2) is 8.78 Å². The van der Waals surface area contributed by atoms with Crippen LogP contribution in [0.2, 0.25) is 0 Å². The summed E-state index contributed by atoms with van der Waals surface area (Å²) in [4.78, 5) is 0. The summed E-state index contributed by atoms with van der Waals surface area (Å²) in [5.74, 6) is 1.32. The zero-order chi connectivity index (χ0) is 11.3. The van der Waals surface area contributed by atoms with Gasteiger partial charge in [-0.3, -0.25) is 0 Å². The second-order valence-corrected chi connectivity index (χ2v) is 3.81. The minimum absolute atomic E-state index is 0.0291. The summed E-state index contributed by atoms with van der Waals surface area (Å²) in [6.07, 6.45) is 5.59. The molecule has 0 bridgehead atoms. The normalized spacial score (nSPS) is 10.0. The summed E-state index contributed by atoms with van der Waals surface area (Å²) in [7, 11) is 0. The van der Waals surface area contributed by atoms with Gasteiger partial charge in [0.2, 0.25) is 0 Å². The molecule has 1 nitrogen and oxygen atoms in total. The van der Waals surface area contributed by atoms with Gasteiger partial charge in [0, 0.05) is 25.1 Å². The molecule has 4 heteroatoms. The molecule has 80 valence electrons. The molecule has 15 heavy (non-hydrogen) atoms. The van der Waals surface area contributed by atoms with Crippen molar-refractivity contribution < 1.29 is 8.78 Å². The Morgan fingerprint density at radius 2 is 2.13 bits per heavy atom. The second-order valence-electron chi connectivity index (χ2n) is 2.95. The van der Waals surface area contributed by atoms with Crippen LogP contribution < -0.4 is 5.32 Å². The predicted molar refractivity (Wildman–Crippen MR) is 59.2 cm³/mol. The molecule has 0 saturated heterocycles. The lowest BCUT2D eigenvalue weighted by atomic mass is 10.2. The minimum Gasteiger partial charge on any atom is -0.312 e. The number of hydrogen-bond acceptors (Lipinski definition) is 1. The molecule has 1 aromatic rings. The fourth-order valence-electron chi connectivity index (χ4n) is 1.11. The molecule has 0 radical (unpaired) electrons. The Morgan fingerprint density at radius 1 is 1.40 bits per heavy atom. The molecule has 0 amide bonds. The first-order chi connectivity index (χ1) is 7.16. The molecule has 0 aromatic heterocycles. The van der Waals surface area contributed by atoms with Crippen LogP contribution in [0.3, 0.4) is 0 Å². The van der Waals surface area contributed by atoms with Crippen molar-refractivity contribution in [1.29, 1.82) is 0 Å². The van der Waals surface area contributed by atoms with Crippen molar-refractivity contribution in [3.63, 3.8) is 0 Å². The van der Waals surface area contributed by atoms with Gasteiger partial charge in [-0.05, 0) is 28.1 Å². The molecule has 1 aromatic carbocycles. The first kappa shape index (κ1) is 12.2. The third kappa shape index (κ3) is 3.29. The van der Waals surface area contributed by atoms with E-state index in [0.717, 1.165) is 0 Å². The predicted octanol–water partition coefficient (Wildman–Crippen LogP) is 2.84. The Labute approximate surface area is 96.0 Å². The molecule has 0 unspecified atom stereocenters. The van der Waals surface area contributed by atoms with Gasteiger partial charge in [0.25, 0.3) is 0 Å². The van der Waals surface area contributed by atoms with E-state index >= 15 is 0 Å². The van der Waals surface area contributed by atoms with Crippen LogP contribution in [0.1, 0.15) is 12.0 Å². The molecule has 0 aliphatic carbocycles. The highest BCUT2D eigenvalue weighted by molar-refractivity contribution is 9.10. The Bertz CT molecular complexity index is 385. The number of hydrogen-bond donors (Lipinski definition) is 1. The van der Waals surface area contributed by atoms with Crippen LogP contribution in [0.4, 0.5) is 8.78 Å². The largest absolute Gasteiger partial charge is 0.312 e. The lowest BCUT2D eigenvalue weighted by Gasteiger charge is -2.07. The Balaban J connectivity index is 2.68. The maximum atomic E-state index is 13.4. The molecule has 1 N–H and O–H groups in total. The van der Waals surface area contributed by atoms with E-state index in [-0.39, 0.29) is 16.6 Å². The monoisotopic (exact) mass is 273 g/mol. The number of halogens is 3. The van der Waals surface area contributed by atoms with E-state index in [9.17, 15) is 8.78 Å². The molecular weight excluding hydrogens is 264 g/mol. The second kappa shape index (κ2) is 5.84. The van der Waals surface area contributed by atoms with Gasteiger partial charge in [0.15, 0.2) is 0 Å². The minimum atomic E-state index is -0.566. The van der Waals surface area contributed by atoms with Crippen molar-refractivity contribution in [3.05, 3.63) is 33.8 Å². The van der Waals surface area contributed by atoms with E-state index < -0.39 is 11.6 Å².